The van der Waals surface area contributed by atoms with Crippen LogP contribution >= 0.6 is 11.3 Å². The van der Waals surface area contributed by atoms with Crippen molar-refractivity contribution < 1.29 is 17.6 Å². The highest BCUT2D eigenvalue weighted by Crippen LogP contribution is 2.56. The van der Waals surface area contributed by atoms with Gasteiger partial charge in [-0.1, -0.05) is 6.07 Å². The second-order valence-corrected chi connectivity index (χ2v) is 9.99. The Hall–Kier alpha value is -1.93. The van der Waals surface area contributed by atoms with Crippen LogP contribution in [-0.4, -0.2) is 26.7 Å². The molecule has 2 amide bonds. The molecule has 8 heteroatoms. The molecule has 0 bridgehead atoms. The Labute approximate surface area is 149 Å². The fourth-order valence-electron chi connectivity index (χ4n) is 3.60. The van der Waals surface area contributed by atoms with Crippen molar-refractivity contribution in [2.45, 2.75) is 29.1 Å². The number of carbonyl (C=O) groups is 1. The molecule has 3 atom stereocenters. The molecule has 2 aliphatic rings. The molecule has 1 fully saturated rings. The summed E-state index contributed by atoms with van der Waals surface area (Å²) in [5.74, 6) is 0.410. The average molecular weight is 380 g/mol. The van der Waals surface area contributed by atoms with E-state index in [9.17, 15) is 17.6 Å². The number of halogens is 1. The molecule has 2 aromatic rings. The van der Waals surface area contributed by atoms with Crippen molar-refractivity contribution in [3.8, 4) is 0 Å². The number of urea groups is 1. The van der Waals surface area contributed by atoms with E-state index in [4.69, 9.17) is 0 Å². The van der Waals surface area contributed by atoms with Crippen LogP contribution in [0, 0.1) is 11.7 Å². The lowest BCUT2D eigenvalue weighted by Gasteiger charge is -2.10. The molecule has 1 aromatic carbocycles. The minimum absolute atomic E-state index is 0.0906. The van der Waals surface area contributed by atoms with Crippen LogP contribution in [0.15, 0.2) is 34.5 Å². The lowest BCUT2D eigenvalue weighted by Crippen LogP contribution is -2.37. The number of hydrogen-bond acceptors (Lipinski definition) is 4. The van der Waals surface area contributed by atoms with Crippen molar-refractivity contribution >= 4 is 27.2 Å². The van der Waals surface area contributed by atoms with Crippen LogP contribution in [0.4, 0.5) is 9.18 Å². The minimum atomic E-state index is -3.21. The molecule has 4 rings (SSSR count). The van der Waals surface area contributed by atoms with Crippen LogP contribution < -0.4 is 10.6 Å². The smallest absolute Gasteiger partial charge is 0.315 e. The summed E-state index contributed by atoms with van der Waals surface area (Å²) in [5.41, 5.74) is 2.17. The molecule has 1 saturated carbocycles. The molecule has 3 unspecified atom stereocenters. The van der Waals surface area contributed by atoms with Gasteiger partial charge in [0, 0.05) is 23.1 Å². The Kier molecular flexibility index (Phi) is 3.84. The van der Waals surface area contributed by atoms with Crippen LogP contribution in [0.25, 0.3) is 0 Å². The molecule has 1 aromatic heterocycles. The van der Waals surface area contributed by atoms with E-state index < -0.39 is 9.84 Å². The fraction of sp³-hybridized carbons (Fsp3) is 0.353. The predicted molar refractivity (Wildman–Crippen MR) is 92.9 cm³/mol. The van der Waals surface area contributed by atoms with Crippen LogP contribution in [0.3, 0.4) is 0 Å². The molecule has 0 radical (unpaired) electrons. The van der Waals surface area contributed by atoms with E-state index in [-0.39, 0.29) is 30.4 Å². The van der Waals surface area contributed by atoms with Gasteiger partial charge in [0.2, 0.25) is 0 Å². The number of fused-ring (bicyclic) bond motifs is 3. The van der Waals surface area contributed by atoms with Gasteiger partial charge < -0.3 is 10.6 Å². The molecular weight excluding hydrogens is 363 g/mol. The highest BCUT2D eigenvalue weighted by Gasteiger charge is 2.56. The number of hydrogen-bond donors (Lipinski definition) is 2. The summed E-state index contributed by atoms with van der Waals surface area (Å²) in [6, 6.07) is 7.94. The second kappa shape index (κ2) is 5.81. The molecule has 2 aliphatic carbocycles. The highest BCUT2D eigenvalue weighted by atomic mass is 32.2. The number of carbonyl (C=O) groups excluding carboxylic acids is 1. The Morgan fingerprint density at radius 2 is 2.12 bits per heavy atom. The standard InChI is InChI=1S/C17H17FN2O3S2/c1-25(22,23)14-5-3-11(24-14)8-19-17(21)20-16-13-7-9-6-10(18)2-4-12(9)15(13)16/h2-6,13,15-16H,7-8H2,1H3,(H2,19,20,21). The first-order valence-corrected chi connectivity index (χ1v) is 10.6. The zero-order valence-corrected chi connectivity index (χ0v) is 15.1. The van der Waals surface area contributed by atoms with Crippen LogP contribution in [0.5, 0.6) is 0 Å². The van der Waals surface area contributed by atoms with Crippen LogP contribution in [-0.2, 0) is 22.8 Å². The number of sulfone groups is 1. The third-order valence-electron chi connectivity index (χ3n) is 4.81. The van der Waals surface area contributed by atoms with Crippen molar-refractivity contribution in [3.63, 3.8) is 0 Å². The van der Waals surface area contributed by atoms with Crippen molar-refractivity contribution in [1.82, 2.24) is 10.6 Å². The Morgan fingerprint density at radius 1 is 1.32 bits per heavy atom. The van der Waals surface area contributed by atoms with E-state index in [0.717, 1.165) is 40.0 Å². The number of benzene rings is 1. The van der Waals surface area contributed by atoms with Gasteiger partial charge in [0.15, 0.2) is 9.84 Å². The van der Waals surface area contributed by atoms with Gasteiger partial charge in [0.25, 0.3) is 0 Å². The van der Waals surface area contributed by atoms with Gasteiger partial charge in [0.1, 0.15) is 10.0 Å². The maximum absolute atomic E-state index is 13.2. The van der Waals surface area contributed by atoms with Crippen molar-refractivity contribution in [2.75, 3.05) is 6.26 Å². The summed E-state index contributed by atoms with van der Waals surface area (Å²) in [5, 5.41) is 5.72. The van der Waals surface area contributed by atoms with Gasteiger partial charge in [-0.3, -0.25) is 0 Å². The highest BCUT2D eigenvalue weighted by molar-refractivity contribution is 7.92. The van der Waals surface area contributed by atoms with Crippen LogP contribution in [0.2, 0.25) is 0 Å². The molecule has 0 saturated heterocycles. The molecule has 2 N–H and O–H groups in total. The summed E-state index contributed by atoms with van der Waals surface area (Å²) in [7, 11) is -3.21. The zero-order chi connectivity index (χ0) is 17.8. The number of amides is 2. The van der Waals surface area contributed by atoms with E-state index in [1.54, 1.807) is 18.2 Å². The van der Waals surface area contributed by atoms with Gasteiger partial charge in [0.05, 0.1) is 6.54 Å². The van der Waals surface area contributed by atoms with E-state index >= 15 is 0 Å². The molecule has 1 heterocycles. The number of nitrogens with one attached hydrogen (secondary N) is 2. The summed E-state index contributed by atoms with van der Waals surface area (Å²) in [6.07, 6.45) is 1.96. The Balaban J connectivity index is 1.31. The van der Waals surface area contributed by atoms with Gasteiger partial charge in [-0.25, -0.2) is 17.6 Å². The van der Waals surface area contributed by atoms with Gasteiger partial charge >= 0.3 is 6.03 Å². The fourth-order valence-corrected chi connectivity index (χ4v) is 5.52. The quantitative estimate of drug-likeness (QED) is 0.855. The first kappa shape index (κ1) is 16.5. The summed E-state index contributed by atoms with van der Waals surface area (Å²) in [4.78, 5) is 12.9. The average Bonchev–Trinajstić information content (AvgIpc) is 2.92. The minimum Gasteiger partial charge on any atom is -0.334 e. The number of rotatable bonds is 4. The van der Waals surface area contributed by atoms with Gasteiger partial charge in [-0.05, 0) is 47.7 Å². The summed E-state index contributed by atoms with van der Waals surface area (Å²) >= 11 is 1.16. The molecule has 0 aliphatic heterocycles. The molecule has 132 valence electrons. The van der Waals surface area contributed by atoms with Crippen LogP contribution in [0.1, 0.15) is 21.9 Å². The summed E-state index contributed by atoms with van der Waals surface area (Å²) < 4.78 is 36.4. The van der Waals surface area contributed by atoms with Gasteiger partial charge in [-0.15, -0.1) is 11.3 Å². The molecular formula is C17H17FN2O3S2. The van der Waals surface area contributed by atoms with Gasteiger partial charge in [-0.2, -0.15) is 0 Å². The van der Waals surface area contributed by atoms with E-state index in [1.807, 2.05) is 6.07 Å². The zero-order valence-electron chi connectivity index (χ0n) is 13.5. The monoisotopic (exact) mass is 380 g/mol. The Bertz CT molecular complexity index is 955. The lowest BCUT2D eigenvalue weighted by atomic mass is 10.0. The van der Waals surface area contributed by atoms with E-state index in [2.05, 4.69) is 10.6 Å². The lowest BCUT2D eigenvalue weighted by molar-refractivity contribution is 0.239. The van der Waals surface area contributed by atoms with Crippen molar-refractivity contribution in [3.05, 3.63) is 52.2 Å². The largest absolute Gasteiger partial charge is 0.334 e. The Morgan fingerprint density at radius 3 is 2.84 bits per heavy atom. The summed E-state index contributed by atoms with van der Waals surface area (Å²) in [6.45, 7) is 0.288. The first-order chi connectivity index (χ1) is 11.8. The van der Waals surface area contributed by atoms with E-state index in [0.29, 0.717) is 10.1 Å². The van der Waals surface area contributed by atoms with E-state index in [1.165, 1.54) is 6.07 Å². The molecule has 0 spiro atoms. The normalized spacial score (nSPS) is 23.7. The second-order valence-electron chi connectivity index (χ2n) is 6.58. The SMILES string of the molecule is CS(=O)(=O)c1ccc(CNC(=O)NC2C3Cc4cc(F)ccc4C32)s1. The number of thiophene rings is 1. The first-order valence-electron chi connectivity index (χ1n) is 7.94. The van der Waals surface area contributed by atoms with Crippen molar-refractivity contribution in [1.29, 1.82) is 0 Å². The topological polar surface area (TPSA) is 75.3 Å². The maximum Gasteiger partial charge on any atom is 0.315 e. The predicted octanol–water partition coefficient (Wildman–Crippen LogP) is 2.43. The maximum atomic E-state index is 13.2. The van der Waals surface area contributed by atoms with Crippen molar-refractivity contribution in [2.24, 2.45) is 5.92 Å². The molecule has 25 heavy (non-hydrogen) atoms. The molecule has 5 nitrogen and oxygen atoms in total. The third kappa shape index (κ3) is 3.16. The third-order valence-corrected chi connectivity index (χ3v) is 7.72.